The van der Waals surface area contributed by atoms with Crippen LogP contribution < -0.4 is 5.73 Å². The van der Waals surface area contributed by atoms with Crippen molar-refractivity contribution in [3.8, 4) is 0 Å². The molecule has 0 aliphatic carbocycles. The molecule has 1 aliphatic heterocycles. The molecule has 10 heteroatoms. The van der Waals surface area contributed by atoms with Crippen LogP contribution in [0.3, 0.4) is 0 Å². The highest BCUT2D eigenvalue weighted by Crippen LogP contribution is 2.33. The number of amides is 1. The summed E-state index contributed by atoms with van der Waals surface area (Å²) < 4.78 is 12.4. The fourth-order valence-corrected chi connectivity index (χ4v) is 3.42. The highest BCUT2D eigenvalue weighted by Gasteiger charge is 2.45. The summed E-state index contributed by atoms with van der Waals surface area (Å²) in [7, 11) is 0. The number of aromatic nitrogens is 3. The topological polar surface area (TPSA) is 150 Å². The number of aliphatic hydroxyl groups excluding tert-OH is 2. The molecule has 0 saturated carbocycles. The summed E-state index contributed by atoms with van der Waals surface area (Å²) in [5, 5.41) is 21.4. The van der Waals surface area contributed by atoms with Crippen LogP contribution >= 0.6 is 0 Å². The van der Waals surface area contributed by atoms with Crippen molar-refractivity contribution < 1.29 is 29.3 Å². The molecule has 156 valence electrons. The Hall–Kier alpha value is -3.34. The number of fused-ring (bicyclic) bond motifs is 1. The van der Waals surface area contributed by atoms with E-state index >= 15 is 0 Å². The molecule has 1 aromatic carbocycles. The molecule has 0 radical (unpaired) electrons. The number of nitrogens with zero attached hydrogens (tertiary/aromatic N) is 3. The Balaban J connectivity index is 1.57. The number of aliphatic hydroxyl groups is 2. The number of ether oxygens (including phenoxy) is 2. The highest BCUT2D eigenvalue weighted by atomic mass is 16.6. The normalized spacial score (nSPS) is 23.6. The number of aryl methyl sites for hydroxylation is 1. The van der Waals surface area contributed by atoms with Gasteiger partial charge in [0.15, 0.2) is 6.23 Å². The first-order valence-electron chi connectivity index (χ1n) is 9.24. The summed E-state index contributed by atoms with van der Waals surface area (Å²) in [4.78, 5) is 32.3. The van der Waals surface area contributed by atoms with Crippen molar-refractivity contribution in [1.29, 1.82) is 0 Å². The Labute approximate surface area is 170 Å². The molecule has 30 heavy (non-hydrogen) atoms. The van der Waals surface area contributed by atoms with E-state index in [0.717, 1.165) is 0 Å². The number of primary amides is 1. The largest absolute Gasteiger partial charge is 0.459 e. The lowest BCUT2D eigenvalue weighted by atomic mass is 10.1. The van der Waals surface area contributed by atoms with Crippen LogP contribution in [0.2, 0.25) is 0 Å². The molecule has 1 aliphatic rings. The minimum Gasteiger partial charge on any atom is -0.459 e. The van der Waals surface area contributed by atoms with E-state index in [1.54, 1.807) is 37.3 Å². The number of hydrogen-bond donors (Lipinski definition) is 3. The summed E-state index contributed by atoms with van der Waals surface area (Å²) >= 11 is 0. The molecule has 2 aromatic heterocycles. The Morgan fingerprint density at radius 2 is 1.97 bits per heavy atom. The average Bonchev–Trinajstić information content (AvgIpc) is 3.24. The van der Waals surface area contributed by atoms with Gasteiger partial charge < -0.3 is 30.0 Å². The maximum absolute atomic E-state index is 12.1. The zero-order valence-corrected chi connectivity index (χ0v) is 16.0. The number of rotatable bonds is 5. The third-order valence-electron chi connectivity index (χ3n) is 4.96. The number of carbonyl (C=O) groups excluding carboxylic acids is 2. The summed E-state index contributed by atoms with van der Waals surface area (Å²) in [5.74, 6) is -0.818. The average molecular weight is 412 g/mol. The van der Waals surface area contributed by atoms with Crippen molar-refractivity contribution in [2.45, 2.75) is 31.5 Å². The summed E-state index contributed by atoms with van der Waals surface area (Å²) in [6.45, 7) is 1.41. The molecule has 4 rings (SSSR count). The van der Waals surface area contributed by atoms with E-state index in [1.807, 2.05) is 0 Å². The predicted octanol–water partition coefficient (Wildman–Crippen LogP) is 0.315. The molecule has 1 saturated heterocycles. The number of carbonyl (C=O) groups is 2. The SMILES string of the molecule is Cc1ncc2c(C(N)=O)cn([C@@H]3O[C@H](COC(=O)c4ccccc4)[C@@H](O)[C@H]3O)c2n1. The smallest absolute Gasteiger partial charge is 0.338 e. The molecule has 10 nitrogen and oxygen atoms in total. The number of benzene rings is 1. The molecular formula is C20H20N4O6. The lowest BCUT2D eigenvalue weighted by Gasteiger charge is -2.17. The molecule has 3 heterocycles. The highest BCUT2D eigenvalue weighted by molar-refractivity contribution is 6.05. The van der Waals surface area contributed by atoms with Crippen LogP contribution in [0.15, 0.2) is 42.7 Å². The Kier molecular flexibility index (Phi) is 5.20. The van der Waals surface area contributed by atoms with Crippen LogP contribution in [0.25, 0.3) is 11.0 Å². The van der Waals surface area contributed by atoms with Crippen molar-refractivity contribution in [3.63, 3.8) is 0 Å². The van der Waals surface area contributed by atoms with Crippen LogP contribution in [0, 0.1) is 6.92 Å². The Bertz CT molecular complexity index is 1100. The zero-order valence-electron chi connectivity index (χ0n) is 16.0. The van der Waals surface area contributed by atoms with E-state index in [0.29, 0.717) is 22.4 Å². The van der Waals surface area contributed by atoms with E-state index in [-0.39, 0.29) is 12.2 Å². The molecule has 4 N–H and O–H groups in total. The fraction of sp³-hybridized carbons (Fsp3) is 0.300. The standard InChI is InChI=1S/C20H20N4O6/c1-10-22-7-12-13(17(21)27)8-24(18(12)23-10)19-16(26)15(25)14(30-19)9-29-20(28)11-5-3-2-4-6-11/h2-8,14-16,19,25-26H,9H2,1H3,(H2,21,27)/t14-,15-,16-,19-/m1/s1. The van der Waals surface area contributed by atoms with Crippen molar-refractivity contribution in [2.24, 2.45) is 5.73 Å². The molecule has 3 aromatic rings. The first kappa shape index (κ1) is 20.0. The van der Waals surface area contributed by atoms with Gasteiger partial charge in [-0.25, -0.2) is 14.8 Å². The molecule has 0 spiro atoms. The van der Waals surface area contributed by atoms with E-state index in [4.69, 9.17) is 15.2 Å². The van der Waals surface area contributed by atoms with Crippen LogP contribution in [0.4, 0.5) is 0 Å². The van der Waals surface area contributed by atoms with Gasteiger partial charge in [0.1, 0.15) is 36.4 Å². The summed E-state index contributed by atoms with van der Waals surface area (Å²) in [6, 6.07) is 8.38. The molecule has 0 bridgehead atoms. The Morgan fingerprint density at radius 3 is 2.67 bits per heavy atom. The zero-order chi connectivity index (χ0) is 21.4. The molecule has 4 atom stereocenters. The van der Waals surface area contributed by atoms with Crippen molar-refractivity contribution in [1.82, 2.24) is 14.5 Å². The summed E-state index contributed by atoms with van der Waals surface area (Å²) in [6.07, 6.45) is -1.85. The minimum atomic E-state index is -1.35. The second kappa shape index (κ2) is 7.82. The maximum atomic E-state index is 12.1. The fourth-order valence-electron chi connectivity index (χ4n) is 3.42. The van der Waals surface area contributed by atoms with E-state index < -0.39 is 36.4 Å². The lowest BCUT2D eigenvalue weighted by Crippen LogP contribution is -2.34. The molecule has 1 fully saturated rings. The van der Waals surface area contributed by atoms with Crippen LogP contribution in [0.1, 0.15) is 32.8 Å². The van der Waals surface area contributed by atoms with E-state index in [9.17, 15) is 19.8 Å². The third kappa shape index (κ3) is 3.52. The van der Waals surface area contributed by atoms with Crippen molar-refractivity contribution in [3.05, 3.63) is 59.7 Å². The van der Waals surface area contributed by atoms with Gasteiger partial charge >= 0.3 is 5.97 Å². The Morgan fingerprint density at radius 1 is 1.23 bits per heavy atom. The van der Waals surface area contributed by atoms with Gasteiger partial charge in [0.2, 0.25) is 0 Å². The van der Waals surface area contributed by atoms with Gasteiger partial charge in [-0.3, -0.25) is 4.79 Å². The first-order valence-corrected chi connectivity index (χ1v) is 9.24. The third-order valence-corrected chi connectivity index (χ3v) is 4.96. The van der Waals surface area contributed by atoms with Gasteiger partial charge in [0, 0.05) is 12.4 Å². The monoisotopic (exact) mass is 412 g/mol. The first-order chi connectivity index (χ1) is 14.4. The second-order valence-corrected chi connectivity index (χ2v) is 6.98. The van der Waals surface area contributed by atoms with Crippen LogP contribution in [-0.2, 0) is 9.47 Å². The quantitative estimate of drug-likeness (QED) is 0.507. The van der Waals surface area contributed by atoms with Crippen LogP contribution in [-0.4, -0.2) is 61.5 Å². The summed E-state index contributed by atoms with van der Waals surface area (Å²) in [5.41, 5.74) is 6.29. The van der Waals surface area contributed by atoms with Gasteiger partial charge in [0.25, 0.3) is 5.91 Å². The van der Waals surface area contributed by atoms with E-state index in [1.165, 1.54) is 17.0 Å². The molecule has 1 amide bonds. The van der Waals surface area contributed by atoms with E-state index in [2.05, 4.69) is 9.97 Å². The predicted molar refractivity (Wildman–Crippen MR) is 103 cm³/mol. The van der Waals surface area contributed by atoms with Gasteiger partial charge in [-0.2, -0.15) is 0 Å². The van der Waals surface area contributed by atoms with Gasteiger partial charge in [-0.15, -0.1) is 0 Å². The number of esters is 1. The molecule has 0 unspecified atom stereocenters. The van der Waals surface area contributed by atoms with Crippen LogP contribution in [0.5, 0.6) is 0 Å². The van der Waals surface area contributed by atoms with Crippen molar-refractivity contribution >= 4 is 22.9 Å². The maximum Gasteiger partial charge on any atom is 0.338 e. The molecular weight excluding hydrogens is 392 g/mol. The van der Waals surface area contributed by atoms with Crippen molar-refractivity contribution in [2.75, 3.05) is 6.61 Å². The second-order valence-electron chi connectivity index (χ2n) is 6.98. The van der Waals surface area contributed by atoms with Gasteiger partial charge in [0.05, 0.1) is 16.5 Å². The minimum absolute atomic E-state index is 0.161. The van der Waals surface area contributed by atoms with Gasteiger partial charge in [-0.05, 0) is 19.1 Å². The lowest BCUT2D eigenvalue weighted by molar-refractivity contribution is -0.0563. The number of hydrogen-bond acceptors (Lipinski definition) is 8. The number of nitrogens with two attached hydrogens (primary N) is 1. The van der Waals surface area contributed by atoms with Gasteiger partial charge in [-0.1, -0.05) is 18.2 Å².